The van der Waals surface area contributed by atoms with E-state index in [1.54, 1.807) is 6.92 Å². The minimum absolute atomic E-state index is 0.0345. The third kappa shape index (κ3) is 5.33. The van der Waals surface area contributed by atoms with Gasteiger partial charge in [-0.25, -0.2) is 0 Å². The lowest BCUT2D eigenvalue weighted by Gasteiger charge is -2.18. The van der Waals surface area contributed by atoms with Gasteiger partial charge in [0.05, 0.1) is 6.73 Å². The van der Waals surface area contributed by atoms with Crippen LogP contribution in [0.15, 0.2) is 30.3 Å². The van der Waals surface area contributed by atoms with Crippen molar-refractivity contribution in [3.8, 4) is 5.75 Å². The minimum Gasteiger partial charge on any atom is -0.489 e. The first kappa shape index (κ1) is 13.5. The largest absolute Gasteiger partial charge is 0.489 e. The summed E-state index contributed by atoms with van der Waals surface area (Å²) in [4.78, 5) is 11.2. The van der Waals surface area contributed by atoms with Crippen LogP contribution in [0.2, 0.25) is 0 Å². The van der Waals surface area contributed by atoms with E-state index < -0.39 is 6.23 Å². The van der Waals surface area contributed by atoms with Crippen molar-refractivity contribution in [2.45, 2.75) is 19.6 Å². The number of nitrogens with two attached hydrogens (primary N) is 1. The number of carbonyl (C=O) groups is 1. The number of hydrogen-bond acceptors (Lipinski definition) is 4. The zero-order valence-electron chi connectivity index (χ0n) is 9.89. The Labute approximate surface area is 101 Å². The van der Waals surface area contributed by atoms with Crippen molar-refractivity contribution in [3.05, 3.63) is 30.3 Å². The number of para-hydroxylation sites is 1. The highest BCUT2D eigenvalue weighted by Crippen LogP contribution is 2.08. The van der Waals surface area contributed by atoms with Crippen molar-refractivity contribution in [2.24, 2.45) is 5.73 Å². The summed E-state index contributed by atoms with van der Waals surface area (Å²) in [5.74, 6) is 0.629. The lowest BCUT2D eigenvalue weighted by atomic mass is 10.3. The zero-order chi connectivity index (χ0) is 12.5. The first-order chi connectivity index (χ1) is 8.26. The number of benzene rings is 1. The van der Waals surface area contributed by atoms with Gasteiger partial charge < -0.3 is 20.5 Å². The van der Waals surface area contributed by atoms with Gasteiger partial charge in [0.15, 0.2) is 6.23 Å². The molecule has 3 N–H and O–H groups in total. The molecule has 1 amide bonds. The van der Waals surface area contributed by atoms with Crippen molar-refractivity contribution < 1.29 is 14.3 Å². The van der Waals surface area contributed by atoms with Crippen LogP contribution in [0.5, 0.6) is 5.75 Å². The topological polar surface area (TPSA) is 73.6 Å². The summed E-state index contributed by atoms with van der Waals surface area (Å²) < 4.78 is 10.6. The van der Waals surface area contributed by atoms with E-state index in [0.717, 1.165) is 5.75 Å². The third-order valence-corrected chi connectivity index (χ3v) is 2.09. The van der Waals surface area contributed by atoms with Crippen LogP contribution in [0.25, 0.3) is 0 Å². The van der Waals surface area contributed by atoms with Gasteiger partial charge >= 0.3 is 0 Å². The van der Waals surface area contributed by atoms with E-state index in [2.05, 4.69) is 5.32 Å². The summed E-state index contributed by atoms with van der Waals surface area (Å²) in [6.45, 7) is 2.03. The molecule has 0 saturated carbocycles. The van der Waals surface area contributed by atoms with Crippen LogP contribution >= 0.6 is 0 Å². The Balaban J connectivity index is 2.41. The van der Waals surface area contributed by atoms with E-state index in [4.69, 9.17) is 15.2 Å². The van der Waals surface area contributed by atoms with Crippen LogP contribution in [0, 0.1) is 0 Å². The molecule has 0 radical (unpaired) electrons. The van der Waals surface area contributed by atoms with Crippen LogP contribution in [0.1, 0.15) is 13.3 Å². The predicted octanol–water partition coefficient (Wildman–Crippen LogP) is 0.850. The van der Waals surface area contributed by atoms with Gasteiger partial charge in [0.1, 0.15) is 12.4 Å². The van der Waals surface area contributed by atoms with E-state index in [1.807, 2.05) is 30.3 Å². The van der Waals surface area contributed by atoms with Crippen LogP contribution in [-0.2, 0) is 9.53 Å². The first-order valence-corrected chi connectivity index (χ1v) is 5.55. The van der Waals surface area contributed by atoms with Crippen molar-refractivity contribution in [1.29, 1.82) is 0 Å². The maximum atomic E-state index is 11.2. The first-order valence-electron chi connectivity index (χ1n) is 5.55. The van der Waals surface area contributed by atoms with Crippen molar-refractivity contribution in [1.82, 2.24) is 5.32 Å². The molecule has 0 fully saturated rings. The molecule has 17 heavy (non-hydrogen) atoms. The zero-order valence-corrected chi connectivity index (χ0v) is 9.89. The summed E-state index contributed by atoms with van der Waals surface area (Å²) in [6.07, 6.45) is -0.122. The second-order valence-electron chi connectivity index (χ2n) is 3.37. The quantitative estimate of drug-likeness (QED) is 0.691. The molecule has 0 aliphatic carbocycles. The fraction of sp³-hybridized carbons (Fsp3) is 0.417. The van der Waals surface area contributed by atoms with Crippen molar-refractivity contribution in [2.75, 3.05) is 13.3 Å². The second kappa shape index (κ2) is 7.65. The van der Waals surface area contributed by atoms with E-state index in [9.17, 15) is 4.79 Å². The predicted molar refractivity (Wildman–Crippen MR) is 64.3 cm³/mol. The SMILES string of the molecule is CCC(=O)NC(COc1ccccc1)OCN. The molecule has 0 saturated heterocycles. The Morgan fingerprint density at radius 2 is 2.12 bits per heavy atom. The highest BCUT2D eigenvalue weighted by molar-refractivity contribution is 5.75. The van der Waals surface area contributed by atoms with E-state index in [0.29, 0.717) is 6.42 Å². The highest BCUT2D eigenvalue weighted by atomic mass is 16.5. The van der Waals surface area contributed by atoms with Gasteiger partial charge in [0, 0.05) is 6.42 Å². The molecule has 5 nitrogen and oxygen atoms in total. The summed E-state index contributed by atoms with van der Waals surface area (Å²) in [5, 5.41) is 2.67. The number of ether oxygens (including phenoxy) is 2. The Morgan fingerprint density at radius 1 is 1.41 bits per heavy atom. The molecule has 0 heterocycles. The molecule has 0 aliphatic heterocycles. The van der Waals surface area contributed by atoms with Crippen LogP contribution < -0.4 is 15.8 Å². The average molecular weight is 238 g/mol. The molecular weight excluding hydrogens is 220 g/mol. The monoisotopic (exact) mass is 238 g/mol. The number of rotatable bonds is 7. The molecule has 0 spiro atoms. The fourth-order valence-electron chi connectivity index (χ4n) is 1.22. The van der Waals surface area contributed by atoms with E-state index in [-0.39, 0.29) is 19.2 Å². The summed E-state index contributed by atoms with van der Waals surface area (Å²) >= 11 is 0. The van der Waals surface area contributed by atoms with Crippen LogP contribution in [0.3, 0.4) is 0 Å². The summed E-state index contributed by atoms with van der Waals surface area (Å²) in [5.41, 5.74) is 5.29. The number of hydrogen-bond donors (Lipinski definition) is 2. The van der Waals surface area contributed by atoms with E-state index in [1.165, 1.54) is 0 Å². The maximum Gasteiger partial charge on any atom is 0.221 e. The number of carbonyl (C=O) groups excluding carboxylic acids is 1. The Morgan fingerprint density at radius 3 is 2.71 bits per heavy atom. The molecule has 1 aromatic rings. The lowest BCUT2D eigenvalue weighted by Crippen LogP contribution is -2.41. The van der Waals surface area contributed by atoms with Crippen LogP contribution in [-0.4, -0.2) is 25.5 Å². The summed E-state index contributed by atoms with van der Waals surface area (Å²) in [7, 11) is 0. The fourth-order valence-corrected chi connectivity index (χ4v) is 1.22. The molecule has 0 aromatic heterocycles. The van der Waals surface area contributed by atoms with Gasteiger partial charge in [-0.1, -0.05) is 25.1 Å². The molecule has 94 valence electrons. The molecule has 0 bridgehead atoms. The molecular formula is C12H18N2O3. The molecule has 1 rings (SSSR count). The Kier molecular flexibility index (Phi) is 6.06. The van der Waals surface area contributed by atoms with Crippen molar-refractivity contribution in [3.63, 3.8) is 0 Å². The van der Waals surface area contributed by atoms with Gasteiger partial charge in [-0.15, -0.1) is 0 Å². The number of amides is 1. The van der Waals surface area contributed by atoms with Gasteiger partial charge in [0.2, 0.25) is 5.91 Å². The second-order valence-corrected chi connectivity index (χ2v) is 3.37. The number of nitrogens with one attached hydrogen (secondary N) is 1. The smallest absolute Gasteiger partial charge is 0.221 e. The van der Waals surface area contributed by atoms with Gasteiger partial charge in [-0.3, -0.25) is 4.79 Å². The summed E-state index contributed by atoms with van der Waals surface area (Å²) in [6, 6.07) is 9.32. The van der Waals surface area contributed by atoms with Gasteiger partial charge in [-0.05, 0) is 12.1 Å². The molecule has 5 heteroatoms. The van der Waals surface area contributed by atoms with E-state index >= 15 is 0 Å². The van der Waals surface area contributed by atoms with Crippen molar-refractivity contribution >= 4 is 5.91 Å². The molecule has 1 unspecified atom stereocenters. The van der Waals surface area contributed by atoms with Gasteiger partial charge in [0.25, 0.3) is 0 Å². The lowest BCUT2D eigenvalue weighted by molar-refractivity contribution is -0.126. The normalized spacial score (nSPS) is 11.9. The minimum atomic E-state index is -0.521. The molecule has 1 atom stereocenters. The molecule has 1 aromatic carbocycles. The Bertz CT molecular complexity index is 330. The highest BCUT2D eigenvalue weighted by Gasteiger charge is 2.11. The van der Waals surface area contributed by atoms with Crippen LogP contribution in [0.4, 0.5) is 0 Å². The maximum absolute atomic E-state index is 11.2. The average Bonchev–Trinajstić information content (AvgIpc) is 2.37. The third-order valence-electron chi connectivity index (χ3n) is 2.09. The Hall–Kier alpha value is -1.59. The van der Waals surface area contributed by atoms with Gasteiger partial charge in [-0.2, -0.15) is 0 Å². The molecule has 0 aliphatic rings. The standard InChI is InChI=1S/C12H18N2O3/c1-2-11(15)14-12(17-9-13)8-16-10-6-4-3-5-7-10/h3-7,12H,2,8-9,13H2,1H3,(H,14,15).